The summed E-state index contributed by atoms with van der Waals surface area (Å²) in [6, 6.07) is 0. The maximum absolute atomic E-state index is 4.84. The molecule has 0 atom stereocenters. The number of rotatable bonds is 0. The van der Waals surface area contributed by atoms with Crippen LogP contribution in [0.5, 0.6) is 0 Å². The van der Waals surface area contributed by atoms with E-state index in [1.165, 1.54) is 17.8 Å². The van der Waals surface area contributed by atoms with Crippen molar-refractivity contribution in [1.82, 2.24) is 0 Å². The van der Waals surface area contributed by atoms with Crippen molar-refractivity contribution >= 4 is 1230 Å². The SMILES string of the molecule is S=S=S=S=S=S=S=S=S=S=S=S=S=S=S=S=S=S=S=S=S=S=S=S=S=S=S=S=S=S=S=S=S=S=S=S=S=S=S=S=S=S=S=S=S=S=S=S=S=S=S=S=S=S=S=S=S=S=S=S=S=S=S=S=S=S=S=S=S=S=S=S=S=S=S=S=S=S=S=S=S=S=S=S=S=S=S=S=S=S=S=S=S=S=S=S=S=S=S=S=S=S=S=S=S=S=S=S=S=S=S=S=S=S=S=S=S=S=S=S=S=S=S=S=S=S=S=S=S=S=S=S=S=S=S=S=S=S. The molecule has 0 amide bonds. The van der Waals surface area contributed by atoms with Crippen LogP contribution >= 0.6 is 0 Å². The summed E-state index contributed by atoms with van der Waals surface area (Å²) in [6.07, 6.45) is 0. The molecule has 0 rings (SSSR count). The van der Waals surface area contributed by atoms with Gasteiger partial charge in [-0.25, -0.2) is 0 Å². The van der Waals surface area contributed by atoms with Gasteiger partial charge in [0.25, 0.3) is 0 Å². The Balaban J connectivity index is 6.21. The van der Waals surface area contributed by atoms with Gasteiger partial charge < -0.3 is 0 Å². The van der Waals surface area contributed by atoms with Crippen LogP contribution in [0, 0.1) is 0 Å². The molecule has 0 saturated carbocycles. The fourth-order valence-electron chi connectivity index (χ4n) is 1.52. The Morgan fingerprint density at radius 3 is 0.0797 bits per heavy atom. The Morgan fingerprint density at radius 1 is 0.0362 bits per heavy atom. The van der Waals surface area contributed by atoms with Gasteiger partial charge in [0.05, 0.1) is 0 Å². The van der Waals surface area contributed by atoms with E-state index in [9.17, 15) is 0 Å². The second-order valence-electron chi connectivity index (χ2n) is 9.25. The van der Waals surface area contributed by atoms with Crippen LogP contribution in [-0.2, 0) is 1230 Å². The van der Waals surface area contributed by atoms with E-state index in [-0.39, 0.29) is 0 Å². The van der Waals surface area contributed by atoms with E-state index in [1.54, 1.807) is 107 Å². The minimum atomic E-state index is 1.37. The summed E-state index contributed by atoms with van der Waals surface area (Å²) in [5, 5.41) is 0. The van der Waals surface area contributed by atoms with E-state index in [4.69, 9.17) is 22.4 Å². The summed E-state index contributed by atoms with van der Waals surface area (Å²) >= 11 is 9.67. The van der Waals surface area contributed by atoms with Crippen molar-refractivity contribution in [2.24, 2.45) is 0 Å². The van der Waals surface area contributed by atoms with Crippen LogP contribution in [0.3, 0.4) is 0 Å². The molecule has 0 unspecified atom stereocenters. The molecular formula is S138. The lowest BCUT2D eigenvalue weighted by molar-refractivity contribution is 5.95. The molecule has 0 nitrogen and oxygen atoms in total. The molecule has 138 heteroatoms. The third-order valence-corrected chi connectivity index (χ3v) is 304. The molecule has 0 aromatic heterocycles. The summed E-state index contributed by atoms with van der Waals surface area (Å²) in [4.78, 5) is 0. The molecule has 0 aliphatic heterocycles. The zero-order valence-corrected chi connectivity index (χ0v) is 169. The molecule has 0 aromatic rings. The summed E-state index contributed by atoms with van der Waals surface area (Å²) < 4.78 is 0. The van der Waals surface area contributed by atoms with Crippen LogP contribution in [0.1, 0.15) is 0 Å². The first kappa shape index (κ1) is 168. The molecule has 0 heterocycles. The van der Waals surface area contributed by atoms with Gasteiger partial charge in [-0.05, 0) is 0 Å². The van der Waals surface area contributed by atoms with E-state index >= 15 is 0 Å². The van der Waals surface area contributed by atoms with E-state index in [1.807, 2.05) is 1080 Å². The minimum Gasteiger partial charge on any atom is 0 e. The first-order chi connectivity index (χ1) is 68.9. The van der Waals surface area contributed by atoms with Gasteiger partial charge in [0.1, 0.15) is 0 Å². The van der Waals surface area contributed by atoms with Gasteiger partial charge in [-0.2, -0.15) is 0 Å². The van der Waals surface area contributed by atoms with Crippen LogP contribution in [-0.4, -0.2) is 0 Å². The molecule has 0 saturated heterocycles. The number of hydrogen-bond donors (Lipinski definition) is 0. The highest BCUT2D eigenvalue weighted by Gasteiger charge is 1.55. The molecule has 0 aliphatic rings. The van der Waals surface area contributed by atoms with Gasteiger partial charge in [-0.1, -0.05) is 0 Å². The zero-order valence-electron chi connectivity index (χ0n) is 56.3. The molecule has 0 spiro atoms. The van der Waals surface area contributed by atoms with Crippen molar-refractivity contribution in [3.05, 3.63) is 0 Å². The first-order valence-electron chi connectivity index (χ1n) is 22.8. The maximum Gasteiger partial charge on any atom is 0 e. The lowest BCUT2D eigenvalue weighted by atomic mass is 30.7. The van der Waals surface area contributed by atoms with Crippen LogP contribution in [0.2, 0.25) is 0 Å². The molecule has 0 bridgehead atoms. The zero-order chi connectivity index (χ0) is 98.2. The molecule has 0 aromatic carbocycles. The monoisotopic (exact) mass is 4410 g/mol. The lowest BCUT2D eigenvalue weighted by Gasteiger charge is -1.41. The average Bonchev–Trinajstić information content (AvgIpc) is 1.10. The largest absolute Gasteiger partial charge is 0 e. The van der Waals surface area contributed by atoms with Gasteiger partial charge in [-0.15, -0.1) is 0 Å². The van der Waals surface area contributed by atoms with Crippen LogP contribution in [0.25, 0.3) is 0 Å². The Kier molecular flexibility index (Phi) is 204. The highest BCUT2D eigenvalue weighted by molar-refractivity contribution is 8.91. The van der Waals surface area contributed by atoms with Gasteiger partial charge in [0.2, 0.25) is 0 Å². The predicted octanol–water partition coefficient (Wildman–Crippen LogP) is -0.331. The fraction of sp³-hybridized carbons (Fsp3) is 0. The second-order valence-corrected chi connectivity index (χ2v) is 250. The average molecular weight is 4430 g/mol. The van der Waals surface area contributed by atoms with Gasteiger partial charge in [-0.3, -0.25) is 0 Å². The van der Waals surface area contributed by atoms with E-state index in [0.717, 1.165) is 0 Å². The second kappa shape index (κ2) is 167. The quantitative estimate of drug-likeness (QED) is 0.327. The molecule has 138 heavy (non-hydrogen) atoms. The maximum atomic E-state index is 4.84. The highest BCUT2D eigenvalue weighted by atomic mass is 33.6. The Bertz CT molecular complexity index is 10200. The summed E-state index contributed by atoms with van der Waals surface area (Å²) in [5.74, 6) is 0. The normalized spacial score (nSPS) is 7.91. The summed E-state index contributed by atoms with van der Waals surface area (Å²) in [5.41, 5.74) is 0. The van der Waals surface area contributed by atoms with Crippen molar-refractivity contribution in [3.8, 4) is 0 Å². The molecule has 0 aliphatic carbocycles. The topological polar surface area (TPSA) is 0 Å². The number of hydrogen-bond acceptors (Lipinski definition) is 2. The molecule has 828 valence electrons. The van der Waals surface area contributed by atoms with Gasteiger partial charge in [0.15, 0.2) is 0 Å². The van der Waals surface area contributed by atoms with Crippen LogP contribution in [0.4, 0.5) is 0 Å². The van der Waals surface area contributed by atoms with E-state index in [0.29, 0.717) is 0 Å². The Morgan fingerprint density at radius 2 is 0.0580 bits per heavy atom. The predicted molar refractivity (Wildman–Crippen MR) is 1020 cm³/mol. The van der Waals surface area contributed by atoms with Crippen molar-refractivity contribution in [3.63, 3.8) is 0 Å². The van der Waals surface area contributed by atoms with E-state index in [2.05, 4.69) is 0 Å². The third-order valence-electron chi connectivity index (χ3n) is 3.75. The standard InChI is InChI=1S/S138/c1-3-5-7-9-11-13-15-17-19-21-23-25-27-29-31-33-35-37-39-41-43-45-47-49-51-53-55-57-59-61-63-65-67-69-71-73-75-77-79-81-83-85-87-89-91-93-95-97-99-101-103-105-107-109-111-113-115-117-119-121-123-125-127-129-131-133-135-137-138-136-134-132-130-128-126-124-122-120-118-116-114-112-110-108-106-104-102-100-98-96-94-92-90-88-86-84-82-80-78-76-74-72-70-68-66-64-62-60-58-56-54-52-50-48-46-44-42-40-38-36-34-32-30-28-26-24-22-20-18-16-14-12-10-8-6-4-2. The molecule has 0 radical (unpaired) electrons. The Hall–Kier alpha value is 30.4. The molecule has 0 N–H and O–H groups in total. The smallest absolute Gasteiger partial charge is 0 e. The van der Waals surface area contributed by atoms with Crippen molar-refractivity contribution in [2.45, 2.75) is 0 Å². The lowest BCUT2D eigenvalue weighted by Crippen LogP contribution is -1.42. The summed E-state index contributed by atoms with van der Waals surface area (Å²) in [7, 11) is 247. The van der Waals surface area contributed by atoms with Crippen molar-refractivity contribution in [2.75, 3.05) is 0 Å². The Labute approximate surface area is 1190 Å². The van der Waals surface area contributed by atoms with Gasteiger partial charge in [0, 0.05) is 1230 Å². The molecular weight excluding hydrogens is 4430 g/mol. The highest BCUT2D eigenvalue weighted by Crippen LogP contribution is 1.54. The summed E-state index contributed by atoms with van der Waals surface area (Å²) in [6.45, 7) is 0. The minimum absolute atomic E-state index is 1.37. The first-order valence-corrected chi connectivity index (χ1v) is 205. The fourth-order valence-corrected chi connectivity index (χ4v) is 369. The van der Waals surface area contributed by atoms with Crippen molar-refractivity contribution < 1.29 is 0 Å². The van der Waals surface area contributed by atoms with Crippen LogP contribution < -0.4 is 0 Å². The van der Waals surface area contributed by atoms with Crippen LogP contribution in [0.15, 0.2) is 0 Å². The third kappa shape index (κ3) is 166. The molecule has 0 fully saturated rings. The van der Waals surface area contributed by atoms with E-state index < -0.39 is 0 Å². The van der Waals surface area contributed by atoms with Crippen molar-refractivity contribution in [1.29, 1.82) is 0 Å². The van der Waals surface area contributed by atoms with Gasteiger partial charge >= 0.3 is 0 Å².